The third-order valence-electron chi connectivity index (χ3n) is 3.44. The summed E-state index contributed by atoms with van der Waals surface area (Å²) in [6.07, 6.45) is 0. The summed E-state index contributed by atoms with van der Waals surface area (Å²) in [7, 11) is 0. The molecule has 0 fully saturated rings. The van der Waals surface area contributed by atoms with Crippen LogP contribution in [-0.4, -0.2) is 5.84 Å². The second kappa shape index (κ2) is 4.25. The van der Waals surface area contributed by atoms with E-state index in [1.807, 2.05) is 55.5 Å². The maximum absolute atomic E-state index is 9.43. The van der Waals surface area contributed by atoms with Crippen molar-refractivity contribution in [2.45, 2.75) is 13.0 Å². The predicted octanol–water partition coefficient (Wildman–Crippen LogP) is 3.41. The fraction of sp³-hybridized carbons (Fsp3) is 0.125. The molecule has 0 aliphatic carbocycles. The van der Waals surface area contributed by atoms with Gasteiger partial charge in [-0.15, -0.1) is 0 Å². The Hall–Kier alpha value is -2.60. The molecule has 92 valence electrons. The molecule has 1 atom stereocenters. The Morgan fingerprint density at radius 3 is 2.47 bits per heavy atom. The topological polar surface area (TPSA) is 50.9 Å². The summed E-state index contributed by atoms with van der Waals surface area (Å²) < 4.78 is 0. The van der Waals surface area contributed by atoms with Crippen LogP contribution < -0.4 is 4.90 Å². The van der Waals surface area contributed by atoms with Crippen molar-refractivity contribution in [3.63, 3.8) is 0 Å². The van der Waals surface area contributed by atoms with Gasteiger partial charge in [0.25, 0.3) is 0 Å². The lowest BCUT2D eigenvalue weighted by atomic mass is 10.1. The van der Waals surface area contributed by atoms with E-state index in [1.165, 1.54) is 5.56 Å². The van der Waals surface area contributed by atoms with Gasteiger partial charge < -0.3 is 4.90 Å². The molecule has 0 amide bonds. The Balaban J connectivity index is 2.12. The van der Waals surface area contributed by atoms with Crippen LogP contribution in [0.4, 0.5) is 5.69 Å². The minimum atomic E-state index is -0.411. The number of hydrogen-bond acceptors (Lipinski definition) is 2. The van der Waals surface area contributed by atoms with Crippen molar-refractivity contribution in [2.75, 3.05) is 4.90 Å². The molecule has 3 rings (SSSR count). The number of nitrogens with zero attached hydrogens (tertiary/aromatic N) is 2. The minimum Gasteiger partial charge on any atom is -0.306 e. The van der Waals surface area contributed by atoms with Crippen LogP contribution >= 0.6 is 0 Å². The summed E-state index contributed by atoms with van der Waals surface area (Å²) in [4.78, 5) is 1.78. The fourth-order valence-corrected chi connectivity index (χ4v) is 2.46. The highest BCUT2D eigenvalue weighted by atomic mass is 15.2. The lowest BCUT2D eigenvalue weighted by Crippen LogP contribution is -2.26. The van der Waals surface area contributed by atoms with E-state index in [0.29, 0.717) is 5.84 Å². The lowest BCUT2D eigenvalue weighted by Gasteiger charge is -2.22. The van der Waals surface area contributed by atoms with Gasteiger partial charge in [-0.25, -0.2) is 0 Å². The molecule has 0 bridgehead atoms. The summed E-state index contributed by atoms with van der Waals surface area (Å²) in [5, 5.41) is 17.7. The Morgan fingerprint density at radius 1 is 1.11 bits per heavy atom. The third kappa shape index (κ3) is 1.69. The van der Waals surface area contributed by atoms with Gasteiger partial charge in [0.1, 0.15) is 11.9 Å². The Kier molecular flexibility index (Phi) is 2.57. The number of nitriles is 1. The molecule has 1 aliphatic heterocycles. The largest absolute Gasteiger partial charge is 0.306 e. The summed E-state index contributed by atoms with van der Waals surface area (Å²) in [5.74, 6) is 0.394. The number of fused-ring (bicyclic) bond motifs is 1. The molecule has 1 heterocycles. The van der Waals surface area contributed by atoms with Crippen LogP contribution in [0.3, 0.4) is 0 Å². The van der Waals surface area contributed by atoms with Gasteiger partial charge in [-0.05, 0) is 19.1 Å². The SMILES string of the molecule is Cc1ccc(N2C(=N)c3ccccc3C2C#N)cc1. The summed E-state index contributed by atoms with van der Waals surface area (Å²) >= 11 is 0. The van der Waals surface area contributed by atoms with Gasteiger partial charge >= 0.3 is 0 Å². The van der Waals surface area contributed by atoms with Crippen molar-refractivity contribution in [1.29, 1.82) is 10.7 Å². The van der Waals surface area contributed by atoms with E-state index in [1.54, 1.807) is 4.90 Å². The zero-order chi connectivity index (χ0) is 13.4. The molecule has 0 aromatic heterocycles. The number of rotatable bonds is 1. The van der Waals surface area contributed by atoms with E-state index in [4.69, 9.17) is 5.41 Å². The minimum absolute atomic E-state index is 0.394. The quantitative estimate of drug-likeness (QED) is 0.839. The first-order valence-corrected chi connectivity index (χ1v) is 6.16. The number of anilines is 1. The Morgan fingerprint density at radius 2 is 1.79 bits per heavy atom. The second-order valence-electron chi connectivity index (χ2n) is 4.67. The summed E-state index contributed by atoms with van der Waals surface area (Å²) in [5.41, 5.74) is 3.81. The first-order chi connectivity index (χ1) is 9.22. The molecule has 0 spiro atoms. The molecule has 1 aliphatic rings. The van der Waals surface area contributed by atoms with Crippen molar-refractivity contribution < 1.29 is 0 Å². The summed E-state index contributed by atoms with van der Waals surface area (Å²) in [6.45, 7) is 2.02. The van der Waals surface area contributed by atoms with Crippen LogP contribution in [0.15, 0.2) is 48.5 Å². The van der Waals surface area contributed by atoms with Gasteiger partial charge in [-0.1, -0.05) is 42.0 Å². The Labute approximate surface area is 112 Å². The van der Waals surface area contributed by atoms with E-state index < -0.39 is 6.04 Å². The molecule has 0 saturated carbocycles. The molecule has 1 N–H and O–H groups in total. The van der Waals surface area contributed by atoms with Crippen LogP contribution in [0.1, 0.15) is 22.7 Å². The molecule has 0 saturated heterocycles. The molecule has 2 aromatic carbocycles. The van der Waals surface area contributed by atoms with Gasteiger partial charge in [0, 0.05) is 16.8 Å². The number of aryl methyl sites for hydroxylation is 1. The van der Waals surface area contributed by atoms with Gasteiger partial charge in [-0.3, -0.25) is 5.41 Å². The molecule has 1 unspecified atom stereocenters. The van der Waals surface area contributed by atoms with Crippen LogP contribution in [0.2, 0.25) is 0 Å². The van der Waals surface area contributed by atoms with E-state index in [0.717, 1.165) is 16.8 Å². The maximum Gasteiger partial charge on any atom is 0.148 e. The molecule has 3 heteroatoms. The van der Waals surface area contributed by atoms with E-state index in [9.17, 15) is 5.26 Å². The first-order valence-electron chi connectivity index (χ1n) is 6.16. The number of benzene rings is 2. The zero-order valence-corrected chi connectivity index (χ0v) is 10.6. The average Bonchev–Trinajstić information content (AvgIpc) is 2.73. The van der Waals surface area contributed by atoms with Crippen molar-refractivity contribution in [3.8, 4) is 6.07 Å². The van der Waals surface area contributed by atoms with Crippen LogP contribution in [-0.2, 0) is 0 Å². The average molecular weight is 247 g/mol. The van der Waals surface area contributed by atoms with Gasteiger partial charge in [0.05, 0.1) is 6.07 Å². The third-order valence-corrected chi connectivity index (χ3v) is 3.44. The number of hydrogen-bond donors (Lipinski definition) is 1. The Bertz CT molecular complexity index is 680. The van der Waals surface area contributed by atoms with E-state index in [2.05, 4.69) is 6.07 Å². The van der Waals surface area contributed by atoms with Crippen LogP contribution in [0, 0.1) is 23.7 Å². The highest BCUT2D eigenvalue weighted by Gasteiger charge is 2.34. The highest BCUT2D eigenvalue weighted by Crippen LogP contribution is 2.36. The van der Waals surface area contributed by atoms with E-state index >= 15 is 0 Å². The molecule has 2 aromatic rings. The van der Waals surface area contributed by atoms with Crippen molar-refractivity contribution in [2.24, 2.45) is 0 Å². The van der Waals surface area contributed by atoms with Crippen molar-refractivity contribution in [1.82, 2.24) is 0 Å². The first kappa shape index (κ1) is 11.5. The number of nitrogens with one attached hydrogen (secondary N) is 1. The zero-order valence-electron chi connectivity index (χ0n) is 10.6. The molecule has 3 nitrogen and oxygen atoms in total. The van der Waals surface area contributed by atoms with E-state index in [-0.39, 0.29) is 0 Å². The van der Waals surface area contributed by atoms with Crippen LogP contribution in [0.5, 0.6) is 0 Å². The van der Waals surface area contributed by atoms with Crippen molar-refractivity contribution >= 4 is 11.5 Å². The maximum atomic E-state index is 9.43. The van der Waals surface area contributed by atoms with Gasteiger partial charge in [0.2, 0.25) is 0 Å². The summed E-state index contributed by atoms with van der Waals surface area (Å²) in [6, 6.07) is 17.4. The van der Waals surface area contributed by atoms with Crippen LogP contribution in [0.25, 0.3) is 0 Å². The second-order valence-corrected chi connectivity index (χ2v) is 4.67. The molecular formula is C16H13N3. The molecular weight excluding hydrogens is 234 g/mol. The monoisotopic (exact) mass is 247 g/mol. The standard InChI is InChI=1S/C16H13N3/c1-11-6-8-12(9-7-11)19-15(10-17)13-4-2-3-5-14(13)16(19)18/h2-9,15,18H,1H3. The predicted molar refractivity (Wildman–Crippen MR) is 75.3 cm³/mol. The normalized spacial score (nSPS) is 17.2. The smallest absolute Gasteiger partial charge is 0.148 e. The van der Waals surface area contributed by atoms with Gasteiger partial charge in [0.15, 0.2) is 0 Å². The lowest BCUT2D eigenvalue weighted by molar-refractivity contribution is 0.919. The highest BCUT2D eigenvalue weighted by molar-refractivity contribution is 6.13. The molecule has 0 radical (unpaired) electrons. The fourth-order valence-electron chi connectivity index (χ4n) is 2.46. The van der Waals surface area contributed by atoms with Gasteiger partial charge in [-0.2, -0.15) is 5.26 Å². The number of amidine groups is 1. The van der Waals surface area contributed by atoms with Crippen molar-refractivity contribution in [3.05, 3.63) is 65.2 Å². The molecule has 19 heavy (non-hydrogen) atoms.